The van der Waals surface area contributed by atoms with Crippen molar-refractivity contribution >= 4 is 17.8 Å². The highest BCUT2D eigenvalue weighted by Crippen LogP contribution is 2.15. The van der Waals surface area contributed by atoms with Crippen LogP contribution in [0.25, 0.3) is 0 Å². The van der Waals surface area contributed by atoms with Gasteiger partial charge in [0.2, 0.25) is 0 Å². The maximum atomic E-state index is 14.3. The molecule has 0 saturated heterocycles. The quantitative estimate of drug-likeness (QED) is 0.226. The molecule has 0 N–H and O–H groups in total. The van der Waals surface area contributed by atoms with Gasteiger partial charge in [0.05, 0.1) is 6.61 Å². The SMILES string of the molecule is CCCCCCCCCCC(F)CCn1cccc1C(=O)OCC(=O)N(C)CC(=O)OCC. The summed E-state index contributed by atoms with van der Waals surface area (Å²) in [6.45, 7) is 3.79. The van der Waals surface area contributed by atoms with E-state index >= 15 is 0 Å². The molecule has 7 nitrogen and oxygen atoms in total. The number of likely N-dealkylation sites (N-methyl/N-ethyl adjacent to an activating group) is 1. The standard InChI is InChI=1S/C25H41FN2O5/c1-4-6-7-8-9-10-11-12-14-21(26)16-18-28-17-13-15-22(28)25(31)33-20-23(29)27(3)19-24(30)32-5-2/h13,15,17,21H,4-12,14,16,18-20H2,1-3H3. The number of unbranched alkanes of at least 4 members (excludes halogenated alkanes) is 7. The van der Waals surface area contributed by atoms with Crippen molar-refractivity contribution in [1.82, 2.24) is 9.47 Å². The van der Waals surface area contributed by atoms with Gasteiger partial charge in [0.25, 0.3) is 5.91 Å². The first-order valence-corrected chi connectivity index (χ1v) is 12.2. The van der Waals surface area contributed by atoms with Crippen LogP contribution in [-0.2, 0) is 25.6 Å². The van der Waals surface area contributed by atoms with Gasteiger partial charge in [0.15, 0.2) is 6.61 Å². The van der Waals surface area contributed by atoms with Crippen molar-refractivity contribution in [3.8, 4) is 0 Å². The molecule has 1 atom stereocenters. The van der Waals surface area contributed by atoms with Crippen molar-refractivity contribution in [1.29, 1.82) is 0 Å². The Morgan fingerprint density at radius 2 is 1.67 bits per heavy atom. The number of carbonyl (C=O) groups excluding carboxylic acids is 3. The topological polar surface area (TPSA) is 77.8 Å². The van der Waals surface area contributed by atoms with Gasteiger partial charge in [-0.15, -0.1) is 0 Å². The number of carbonyl (C=O) groups is 3. The monoisotopic (exact) mass is 468 g/mol. The number of amides is 1. The van der Waals surface area contributed by atoms with Crippen molar-refractivity contribution in [3.05, 3.63) is 24.0 Å². The summed E-state index contributed by atoms with van der Waals surface area (Å²) in [5.74, 6) is -1.69. The Morgan fingerprint density at radius 3 is 2.33 bits per heavy atom. The molecule has 0 aliphatic rings. The lowest BCUT2D eigenvalue weighted by atomic mass is 10.1. The zero-order valence-electron chi connectivity index (χ0n) is 20.5. The van der Waals surface area contributed by atoms with Crippen LogP contribution in [0.15, 0.2) is 18.3 Å². The number of hydrogen-bond donors (Lipinski definition) is 0. The Bertz CT molecular complexity index is 707. The van der Waals surface area contributed by atoms with Crippen LogP contribution in [0.1, 0.15) is 88.5 Å². The van der Waals surface area contributed by atoms with Crippen LogP contribution in [0.5, 0.6) is 0 Å². The fourth-order valence-electron chi connectivity index (χ4n) is 3.52. The average Bonchev–Trinajstić information content (AvgIpc) is 3.26. The first kappa shape index (κ1) is 28.7. The first-order chi connectivity index (χ1) is 15.9. The lowest BCUT2D eigenvalue weighted by Gasteiger charge is -2.16. The molecule has 1 heterocycles. The molecule has 1 amide bonds. The lowest BCUT2D eigenvalue weighted by molar-refractivity contribution is -0.148. The summed E-state index contributed by atoms with van der Waals surface area (Å²) in [7, 11) is 1.43. The highest BCUT2D eigenvalue weighted by Gasteiger charge is 2.18. The molecule has 1 rings (SSSR count). The Morgan fingerprint density at radius 1 is 1.00 bits per heavy atom. The molecule has 0 fully saturated rings. The average molecular weight is 469 g/mol. The van der Waals surface area contributed by atoms with Crippen molar-refractivity contribution in [2.24, 2.45) is 0 Å². The van der Waals surface area contributed by atoms with E-state index in [9.17, 15) is 18.8 Å². The normalized spacial score (nSPS) is 11.8. The molecular formula is C25H41FN2O5. The van der Waals surface area contributed by atoms with E-state index in [1.54, 1.807) is 29.8 Å². The molecule has 0 spiro atoms. The predicted molar refractivity (Wildman–Crippen MR) is 126 cm³/mol. The van der Waals surface area contributed by atoms with E-state index in [0.29, 0.717) is 19.4 Å². The molecule has 33 heavy (non-hydrogen) atoms. The van der Waals surface area contributed by atoms with Gasteiger partial charge in [0.1, 0.15) is 18.4 Å². The highest BCUT2D eigenvalue weighted by molar-refractivity contribution is 5.90. The van der Waals surface area contributed by atoms with E-state index in [1.165, 1.54) is 39.2 Å². The molecule has 0 bridgehead atoms. The molecule has 1 unspecified atom stereocenters. The number of rotatable bonds is 18. The molecule has 0 saturated carbocycles. The third-order valence-corrected chi connectivity index (χ3v) is 5.52. The van der Waals surface area contributed by atoms with Crippen LogP contribution in [0.3, 0.4) is 0 Å². The lowest BCUT2D eigenvalue weighted by Crippen LogP contribution is -2.36. The van der Waals surface area contributed by atoms with E-state index in [1.807, 2.05) is 0 Å². The van der Waals surface area contributed by atoms with Gasteiger partial charge in [-0.2, -0.15) is 0 Å². The number of hydrogen-bond acceptors (Lipinski definition) is 5. The second kappa shape index (κ2) is 17.1. The number of aryl methyl sites for hydroxylation is 1. The molecule has 0 aliphatic carbocycles. The zero-order valence-corrected chi connectivity index (χ0v) is 20.5. The molecule has 0 radical (unpaired) electrons. The molecule has 1 aromatic heterocycles. The second-order valence-electron chi connectivity index (χ2n) is 8.37. The molecule has 188 valence electrons. The second-order valence-corrected chi connectivity index (χ2v) is 8.37. The van der Waals surface area contributed by atoms with E-state index in [2.05, 4.69) is 6.92 Å². The van der Waals surface area contributed by atoms with Crippen LogP contribution >= 0.6 is 0 Å². The summed E-state index contributed by atoms with van der Waals surface area (Å²) < 4.78 is 25.8. The Hall–Kier alpha value is -2.38. The first-order valence-electron chi connectivity index (χ1n) is 12.2. The van der Waals surface area contributed by atoms with Gasteiger partial charge in [-0.05, 0) is 31.9 Å². The highest BCUT2D eigenvalue weighted by atomic mass is 19.1. The van der Waals surface area contributed by atoms with Crippen molar-refractivity contribution in [2.75, 3.05) is 26.8 Å². The summed E-state index contributed by atoms with van der Waals surface area (Å²) in [5, 5.41) is 0. The molecular weight excluding hydrogens is 427 g/mol. The molecule has 8 heteroatoms. The van der Waals surface area contributed by atoms with E-state index in [-0.39, 0.29) is 18.8 Å². The minimum Gasteiger partial charge on any atom is -0.465 e. The summed E-state index contributed by atoms with van der Waals surface area (Å²) >= 11 is 0. The van der Waals surface area contributed by atoms with Crippen LogP contribution in [0.2, 0.25) is 0 Å². The minimum atomic E-state index is -0.908. The largest absolute Gasteiger partial charge is 0.465 e. The van der Waals surface area contributed by atoms with Gasteiger partial charge < -0.3 is 18.9 Å². The van der Waals surface area contributed by atoms with Gasteiger partial charge in [-0.1, -0.05) is 58.3 Å². The molecule has 0 aromatic carbocycles. The third-order valence-electron chi connectivity index (χ3n) is 5.52. The summed E-state index contributed by atoms with van der Waals surface area (Å²) in [6, 6.07) is 3.28. The Kier molecular flexibility index (Phi) is 14.9. The summed E-state index contributed by atoms with van der Waals surface area (Å²) in [6.07, 6.45) is 11.1. The number of alkyl halides is 1. The maximum absolute atomic E-state index is 14.3. The van der Waals surface area contributed by atoms with Gasteiger partial charge >= 0.3 is 11.9 Å². The summed E-state index contributed by atoms with van der Waals surface area (Å²) in [4.78, 5) is 37.0. The van der Waals surface area contributed by atoms with Crippen LogP contribution in [0.4, 0.5) is 4.39 Å². The molecule has 1 aromatic rings. The number of ether oxygens (including phenoxy) is 2. The van der Waals surface area contributed by atoms with E-state index < -0.39 is 30.6 Å². The minimum absolute atomic E-state index is 0.211. The van der Waals surface area contributed by atoms with Crippen molar-refractivity contribution < 1.29 is 28.2 Å². The Balaban J connectivity index is 2.30. The van der Waals surface area contributed by atoms with Crippen molar-refractivity contribution in [2.45, 2.75) is 90.8 Å². The summed E-state index contributed by atoms with van der Waals surface area (Å²) in [5.41, 5.74) is 0.273. The van der Waals surface area contributed by atoms with Gasteiger partial charge in [0, 0.05) is 19.8 Å². The van der Waals surface area contributed by atoms with E-state index in [0.717, 1.165) is 24.2 Å². The van der Waals surface area contributed by atoms with Gasteiger partial charge in [-0.25, -0.2) is 9.18 Å². The van der Waals surface area contributed by atoms with E-state index in [4.69, 9.17) is 9.47 Å². The van der Waals surface area contributed by atoms with Gasteiger partial charge in [-0.3, -0.25) is 9.59 Å². The predicted octanol–water partition coefficient (Wildman–Crippen LogP) is 4.93. The van der Waals surface area contributed by atoms with Crippen LogP contribution in [-0.4, -0.2) is 60.3 Å². The number of halogens is 1. The van der Waals surface area contributed by atoms with Crippen molar-refractivity contribution in [3.63, 3.8) is 0 Å². The third kappa shape index (κ3) is 12.4. The smallest absolute Gasteiger partial charge is 0.355 e. The maximum Gasteiger partial charge on any atom is 0.355 e. The molecule has 0 aliphatic heterocycles. The zero-order chi connectivity index (χ0) is 24.5. The Labute approximate surface area is 197 Å². The number of esters is 2. The number of nitrogens with zero attached hydrogens (tertiary/aromatic N) is 2. The van der Waals surface area contributed by atoms with Crippen LogP contribution < -0.4 is 0 Å². The number of aromatic nitrogens is 1. The van der Waals surface area contributed by atoms with Crippen LogP contribution in [0, 0.1) is 0 Å². The fourth-order valence-corrected chi connectivity index (χ4v) is 3.52. The fraction of sp³-hybridized carbons (Fsp3) is 0.720.